The van der Waals surface area contributed by atoms with E-state index in [1.807, 2.05) is 11.3 Å². The third-order valence-electron chi connectivity index (χ3n) is 1.92. The van der Waals surface area contributed by atoms with E-state index in [1.54, 1.807) is 0 Å². The summed E-state index contributed by atoms with van der Waals surface area (Å²) in [4.78, 5) is 2.89. The third kappa shape index (κ3) is 3.89. The molecule has 0 spiro atoms. The zero-order chi connectivity index (χ0) is 9.52. The third-order valence-corrected chi connectivity index (χ3v) is 3.15. The Balaban J connectivity index is 2.20. The van der Waals surface area contributed by atoms with Crippen LogP contribution in [0.5, 0.6) is 0 Å². The smallest absolute Gasteiger partial charge is 0.0299 e. The highest BCUT2D eigenvalue weighted by Crippen LogP contribution is 2.16. The minimum absolute atomic E-state index is 0.775. The maximum Gasteiger partial charge on any atom is 0.0299 e. The molecular formula is C10H18N2S. The van der Waals surface area contributed by atoms with E-state index < -0.39 is 0 Å². The SMILES string of the molecule is CCc1ccc(CNCCCN)s1. The predicted octanol–water partition coefficient (Wildman–Crippen LogP) is 1.75. The molecule has 0 aliphatic carbocycles. The van der Waals surface area contributed by atoms with Crippen molar-refractivity contribution in [2.45, 2.75) is 26.3 Å². The highest BCUT2D eigenvalue weighted by atomic mass is 32.1. The molecule has 0 amide bonds. The Morgan fingerprint density at radius 3 is 2.77 bits per heavy atom. The van der Waals surface area contributed by atoms with Crippen molar-refractivity contribution in [3.8, 4) is 0 Å². The normalized spacial score (nSPS) is 10.6. The van der Waals surface area contributed by atoms with E-state index in [2.05, 4.69) is 24.4 Å². The standard InChI is InChI=1S/C10H18N2S/c1-2-9-4-5-10(13-9)8-12-7-3-6-11/h4-5,12H,2-3,6-8,11H2,1H3. The molecule has 13 heavy (non-hydrogen) atoms. The molecule has 0 atom stereocenters. The highest BCUT2D eigenvalue weighted by Gasteiger charge is 1.96. The van der Waals surface area contributed by atoms with Crippen molar-refractivity contribution >= 4 is 11.3 Å². The van der Waals surface area contributed by atoms with E-state index in [0.29, 0.717) is 0 Å². The first-order chi connectivity index (χ1) is 6.36. The van der Waals surface area contributed by atoms with Crippen LogP contribution in [0.1, 0.15) is 23.1 Å². The van der Waals surface area contributed by atoms with Crippen LogP contribution in [-0.2, 0) is 13.0 Å². The lowest BCUT2D eigenvalue weighted by atomic mass is 10.3. The Labute approximate surface area is 84.2 Å². The van der Waals surface area contributed by atoms with Crippen LogP contribution in [0.3, 0.4) is 0 Å². The molecule has 3 heteroatoms. The summed E-state index contributed by atoms with van der Waals surface area (Å²) in [5.74, 6) is 0. The predicted molar refractivity (Wildman–Crippen MR) is 59.1 cm³/mol. The summed E-state index contributed by atoms with van der Waals surface area (Å²) >= 11 is 1.90. The fraction of sp³-hybridized carbons (Fsp3) is 0.600. The molecular weight excluding hydrogens is 180 g/mol. The van der Waals surface area contributed by atoms with Gasteiger partial charge in [0.15, 0.2) is 0 Å². The molecule has 1 rings (SSSR count). The monoisotopic (exact) mass is 198 g/mol. The zero-order valence-corrected chi connectivity index (χ0v) is 8.99. The van der Waals surface area contributed by atoms with E-state index in [1.165, 1.54) is 9.75 Å². The van der Waals surface area contributed by atoms with Gasteiger partial charge in [0, 0.05) is 16.3 Å². The van der Waals surface area contributed by atoms with Crippen molar-refractivity contribution in [2.75, 3.05) is 13.1 Å². The molecule has 0 radical (unpaired) electrons. The second-order valence-electron chi connectivity index (χ2n) is 3.04. The molecule has 0 aromatic carbocycles. The van der Waals surface area contributed by atoms with Gasteiger partial charge in [-0.3, -0.25) is 0 Å². The van der Waals surface area contributed by atoms with Crippen LogP contribution < -0.4 is 11.1 Å². The molecule has 0 saturated carbocycles. The molecule has 74 valence electrons. The van der Waals surface area contributed by atoms with Crippen molar-refractivity contribution in [1.29, 1.82) is 0 Å². The summed E-state index contributed by atoms with van der Waals surface area (Å²) in [7, 11) is 0. The molecule has 0 aliphatic rings. The first-order valence-corrected chi connectivity index (χ1v) is 5.66. The van der Waals surface area contributed by atoms with Crippen LogP contribution in [-0.4, -0.2) is 13.1 Å². The second-order valence-corrected chi connectivity index (χ2v) is 4.29. The van der Waals surface area contributed by atoms with Gasteiger partial charge in [-0.15, -0.1) is 11.3 Å². The molecule has 0 saturated heterocycles. The first kappa shape index (κ1) is 10.7. The largest absolute Gasteiger partial charge is 0.330 e. The van der Waals surface area contributed by atoms with Gasteiger partial charge in [0.05, 0.1) is 0 Å². The minimum atomic E-state index is 0.775. The maximum atomic E-state index is 5.40. The number of rotatable bonds is 6. The van der Waals surface area contributed by atoms with Gasteiger partial charge in [-0.1, -0.05) is 6.92 Å². The van der Waals surface area contributed by atoms with Crippen molar-refractivity contribution in [2.24, 2.45) is 5.73 Å². The van der Waals surface area contributed by atoms with Crippen molar-refractivity contribution in [3.63, 3.8) is 0 Å². The highest BCUT2D eigenvalue weighted by molar-refractivity contribution is 7.11. The average molecular weight is 198 g/mol. The van der Waals surface area contributed by atoms with Crippen molar-refractivity contribution < 1.29 is 0 Å². The van der Waals surface area contributed by atoms with Gasteiger partial charge in [0.2, 0.25) is 0 Å². The number of hydrogen-bond acceptors (Lipinski definition) is 3. The van der Waals surface area contributed by atoms with Crippen LogP contribution >= 0.6 is 11.3 Å². The molecule has 1 aromatic rings. The maximum absolute atomic E-state index is 5.40. The molecule has 1 heterocycles. The Kier molecular flexibility index (Phi) is 5.05. The number of nitrogens with two attached hydrogens (primary N) is 1. The first-order valence-electron chi connectivity index (χ1n) is 4.85. The Bertz CT molecular complexity index is 233. The van der Waals surface area contributed by atoms with Crippen LogP contribution in [0.2, 0.25) is 0 Å². The Hall–Kier alpha value is -0.380. The Morgan fingerprint density at radius 2 is 2.15 bits per heavy atom. The number of thiophene rings is 1. The summed E-state index contributed by atoms with van der Waals surface area (Å²) in [5.41, 5.74) is 5.40. The summed E-state index contributed by atoms with van der Waals surface area (Å²) in [6, 6.07) is 4.42. The topological polar surface area (TPSA) is 38.0 Å². The fourth-order valence-corrected chi connectivity index (χ4v) is 2.07. The lowest BCUT2D eigenvalue weighted by Crippen LogP contribution is -2.16. The van der Waals surface area contributed by atoms with E-state index in [9.17, 15) is 0 Å². The van der Waals surface area contributed by atoms with E-state index in [4.69, 9.17) is 5.73 Å². The Morgan fingerprint density at radius 1 is 1.38 bits per heavy atom. The molecule has 0 unspecified atom stereocenters. The van der Waals surface area contributed by atoms with Crippen molar-refractivity contribution in [3.05, 3.63) is 21.9 Å². The van der Waals surface area contributed by atoms with Gasteiger partial charge >= 0.3 is 0 Å². The van der Waals surface area contributed by atoms with Crippen LogP contribution in [0.25, 0.3) is 0 Å². The molecule has 2 nitrogen and oxygen atoms in total. The van der Waals surface area contributed by atoms with Gasteiger partial charge in [-0.25, -0.2) is 0 Å². The molecule has 1 aromatic heterocycles. The van der Waals surface area contributed by atoms with Crippen LogP contribution in [0.4, 0.5) is 0 Å². The second kappa shape index (κ2) is 6.13. The van der Waals surface area contributed by atoms with E-state index in [-0.39, 0.29) is 0 Å². The van der Waals surface area contributed by atoms with Gasteiger partial charge in [0.25, 0.3) is 0 Å². The summed E-state index contributed by atoms with van der Waals surface area (Å²) in [6.45, 7) is 4.98. The lowest BCUT2D eigenvalue weighted by molar-refractivity contribution is 0.660. The van der Waals surface area contributed by atoms with Crippen LogP contribution in [0, 0.1) is 0 Å². The molecule has 0 aliphatic heterocycles. The molecule has 0 fully saturated rings. The summed E-state index contributed by atoms with van der Waals surface area (Å²) in [6.07, 6.45) is 2.21. The number of nitrogens with one attached hydrogen (secondary N) is 1. The van der Waals surface area contributed by atoms with E-state index in [0.717, 1.165) is 32.5 Å². The van der Waals surface area contributed by atoms with E-state index >= 15 is 0 Å². The number of hydrogen-bond donors (Lipinski definition) is 2. The average Bonchev–Trinajstić information content (AvgIpc) is 2.60. The minimum Gasteiger partial charge on any atom is -0.330 e. The number of aryl methyl sites for hydroxylation is 1. The van der Waals surface area contributed by atoms with Gasteiger partial charge < -0.3 is 11.1 Å². The molecule has 0 bridgehead atoms. The van der Waals surface area contributed by atoms with Crippen LogP contribution in [0.15, 0.2) is 12.1 Å². The quantitative estimate of drug-likeness (QED) is 0.683. The molecule has 3 N–H and O–H groups in total. The zero-order valence-electron chi connectivity index (χ0n) is 8.18. The van der Waals surface area contributed by atoms with Crippen molar-refractivity contribution in [1.82, 2.24) is 5.32 Å². The summed E-state index contributed by atoms with van der Waals surface area (Å²) in [5, 5.41) is 3.37. The lowest BCUT2D eigenvalue weighted by Gasteiger charge is -2.00. The van der Waals surface area contributed by atoms with Gasteiger partial charge in [-0.05, 0) is 38.1 Å². The van der Waals surface area contributed by atoms with Gasteiger partial charge in [-0.2, -0.15) is 0 Å². The fourth-order valence-electron chi connectivity index (χ4n) is 1.15. The summed E-state index contributed by atoms with van der Waals surface area (Å²) < 4.78 is 0. The van der Waals surface area contributed by atoms with Gasteiger partial charge in [0.1, 0.15) is 0 Å².